The van der Waals surface area contributed by atoms with Crippen molar-refractivity contribution in [2.24, 2.45) is 0 Å². The Hall–Kier alpha value is -2.42. The molecule has 2 amide bonds. The first kappa shape index (κ1) is 16.9. The molecule has 0 saturated heterocycles. The summed E-state index contributed by atoms with van der Waals surface area (Å²) >= 11 is 1.27. The lowest BCUT2D eigenvalue weighted by molar-refractivity contribution is -0.113. The topological polar surface area (TPSA) is 102 Å². The van der Waals surface area contributed by atoms with Crippen molar-refractivity contribution >= 4 is 29.3 Å². The van der Waals surface area contributed by atoms with E-state index in [0.29, 0.717) is 16.4 Å². The summed E-state index contributed by atoms with van der Waals surface area (Å²) < 4.78 is 1.66. The maximum atomic E-state index is 12.0. The van der Waals surface area contributed by atoms with Gasteiger partial charge in [0.25, 0.3) is 5.91 Å². The van der Waals surface area contributed by atoms with E-state index < -0.39 is 0 Å². The Labute approximate surface area is 138 Å². The number of rotatable bonds is 6. The largest absolute Gasteiger partial charge is 0.355 e. The van der Waals surface area contributed by atoms with Gasteiger partial charge >= 0.3 is 0 Å². The Morgan fingerprint density at radius 2 is 1.96 bits per heavy atom. The molecule has 23 heavy (non-hydrogen) atoms. The van der Waals surface area contributed by atoms with Crippen LogP contribution >= 0.6 is 11.8 Å². The number of hydrogen-bond acceptors (Lipinski definition) is 6. The van der Waals surface area contributed by atoms with E-state index in [9.17, 15) is 9.59 Å². The Morgan fingerprint density at radius 3 is 2.57 bits per heavy atom. The molecule has 0 aliphatic heterocycles. The van der Waals surface area contributed by atoms with Crippen LogP contribution < -0.4 is 10.6 Å². The van der Waals surface area contributed by atoms with Crippen LogP contribution in [0.2, 0.25) is 0 Å². The van der Waals surface area contributed by atoms with Crippen molar-refractivity contribution in [2.75, 3.05) is 18.1 Å². The quantitative estimate of drug-likeness (QED) is 0.773. The second-order valence-corrected chi connectivity index (χ2v) is 5.94. The van der Waals surface area contributed by atoms with Crippen molar-refractivity contribution in [1.82, 2.24) is 25.5 Å². The van der Waals surface area contributed by atoms with Crippen molar-refractivity contribution in [3.8, 4) is 0 Å². The third kappa shape index (κ3) is 4.52. The molecule has 0 bridgehead atoms. The predicted octanol–water partition coefficient (Wildman–Crippen LogP) is 1.34. The van der Waals surface area contributed by atoms with Crippen LogP contribution in [0.15, 0.2) is 29.4 Å². The second-order valence-electron chi connectivity index (χ2n) is 4.99. The lowest BCUT2D eigenvalue weighted by Gasteiger charge is -2.08. The first-order chi connectivity index (χ1) is 11.0. The van der Waals surface area contributed by atoms with E-state index >= 15 is 0 Å². The molecular formula is C14H18N6O2S. The fourth-order valence-electron chi connectivity index (χ4n) is 1.78. The number of thioether (sulfide) groups is 1. The summed E-state index contributed by atoms with van der Waals surface area (Å²) in [6, 6.07) is 6.81. The highest BCUT2D eigenvalue weighted by molar-refractivity contribution is 7.99. The molecule has 2 rings (SSSR count). The van der Waals surface area contributed by atoms with Crippen molar-refractivity contribution in [2.45, 2.75) is 25.0 Å². The first-order valence-corrected chi connectivity index (χ1v) is 8.02. The average molecular weight is 334 g/mol. The third-order valence-corrected chi connectivity index (χ3v) is 3.88. The van der Waals surface area contributed by atoms with Crippen LogP contribution in [0.1, 0.15) is 30.2 Å². The number of benzene rings is 1. The van der Waals surface area contributed by atoms with Crippen LogP contribution in [-0.4, -0.2) is 44.8 Å². The average Bonchev–Trinajstić information content (AvgIpc) is 3.01. The van der Waals surface area contributed by atoms with Crippen molar-refractivity contribution in [3.05, 3.63) is 29.8 Å². The second kappa shape index (κ2) is 7.73. The Kier molecular flexibility index (Phi) is 5.69. The van der Waals surface area contributed by atoms with Gasteiger partial charge < -0.3 is 10.6 Å². The number of tetrazole rings is 1. The van der Waals surface area contributed by atoms with Gasteiger partial charge in [-0.2, -0.15) is 0 Å². The van der Waals surface area contributed by atoms with Crippen LogP contribution in [0.4, 0.5) is 5.69 Å². The summed E-state index contributed by atoms with van der Waals surface area (Å²) in [5, 5.41) is 17.3. The standard InChI is InChI=1S/C14H18N6O2S/c1-9(2)20-14(17-18-19-20)23-8-12(21)16-11-6-4-10(5-7-11)13(22)15-3/h4-7,9H,8H2,1-3H3,(H,15,22)(H,16,21). The number of amides is 2. The number of hydrogen-bond donors (Lipinski definition) is 2. The Morgan fingerprint density at radius 1 is 1.26 bits per heavy atom. The molecule has 122 valence electrons. The predicted molar refractivity (Wildman–Crippen MR) is 87.4 cm³/mol. The molecule has 0 atom stereocenters. The van der Waals surface area contributed by atoms with Crippen LogP contribution in [-0.2, 0) is 4.79 Å². The summed E-state index contributed by atoms with van der Waals surface area (Å²) in [6.07, 6.45) is 0. The molecule has 9 heteroatoms. The minimum atomic E-state index is -0.168. The SMILES string of the molecule is CNC(=O)c1ccc(NC(=O)CSc2nnnn2C(C)C)cc1. The maximum Gasteiger partial charge on any atom is 0.251 e. The molecule has 2 aromatic rings. The van der Waals surface area contributed by atoms with E-state index in [1.165, 1.54) is 11.8 Å². The van der Waals surface area contributed by atoms with Gasteiger partial charge in [-0.05, 0) is 48.5 Å². The van der Waals surface area contributed by atoms with E-state index in [-0.39, 0.29) is 23.6 Å². The third-order valence-electron chi connectivity index (χ3n) is 2.94. The number of carbonyl (C=O) groups is 2. The Bertz CT molecular complexity index is 683. The van der Waals surface area contributed by atoms with Crippen molar-refractivity contribution in [1.29, 1.82) is 0 Å². The number of anilines is 1. The molecule has 0 radical (unpaired) electrons. The summed E-state index contributed by atoms with van der Waals surface area (Å²) in [5.74, 6) is -0.135. The van der Waals surface area contributed by atoms with Gasteiger partial charge in [-0.1, -0.05) is 11.8 Å². The zero-order chi connectivity index (χ0) is 16.8. The van der Waals surface area contributed by atoms with Crippen LogP contribution in [0.3, 0.4) is 0 Å². The monoisotopic (exact) mass is 334 g/mol. The van der Waals surface area contributed by atoms with E-state index in [1.807, 2.05) is 13.8 Å². The van der Waals surface area contributed by atoms with Crippen molar-refractivity contribution in [3.63, 3.8) is 0 Å². The molecular weight excluding hydrogens is 316 g/mol. The molecule has 1 heterocycles. The van der Waals surface area contributed by atoms with Gasteiger partial charge in [-0.15, -0.1) is 5.10 Å². The summed E-state index contributed by atoms with van der Waals surface area (Å²) in [6.45, 7) is 3.93. The summed E-state index contributed by atoms with van der Waals surface area (Å²) in [7, 11) is 1.57. The number of carbonyl (C=O) groups excluding carboxylic acids is 2. The molecule has 0 fully saturated rings. The summed E-state index contributed by atoms with van der Waals surface area (Å²) in [4.78, 5) is 23.4. The molecule has 0 aliphatic rings. The zero-order valence-electron chi connectivity index (χ0n) is 13.1. The van der Waals surface area contributed by atoms with E-state index in [0.717, 1.165) is 0 Å². The van der Waals surface area contributed by atoms with Gasteiger partial charge in [-0.3, -0.25) is 9.59 Å². The van der Waals surface area contributed by atoms with E-state index in [1.54, 1.807) is 36.0 Å². The molecule has 1 aromatic heterocycles. The fraction of sp³-hybridized carbons (Fsp3) is 0.357. The smallest absolute Gasteiger partial charge is 0.251 e. The van der Waals surface area contributed by atoms with Gasteiger partial charge in [0.2, 0.25) is 11.1 Å². The van der Waals surface area contributed by atoms with Gasteiger partial charge in [0.15, 0.2) is 0 Å². The highest BCUT2D eigenvalue weighted by atomic mass is 32.2. The van der Waals surface area contributed by atoms with Crippen LogP contribution in [0.25, 0.3) is 0 Å². The lowest BCUT2D eigenvalue weighted by atomic mass is 10.2. The normalized spacial score (nSPS) is 10.6. The molecule has 0 aliphatic carbocycles. The lowest BCUT2D eigenvalue weighted by Crippen LogP contribution is -2.18. The van der Waals surface area contributed by atoms with Gasteiger partial charge in [-0.25, -0.2) is 4.68 Å². The molecule has 8 nitrogen and oxygen atoms in total. The molecule has 2 N–H and O–H groups in total. The van der Waals surface area contributed by atoms with Crippen LogP contribution in [0.5, 0.6) is 0 Å². The number of nitrogens with one attached hydrogen (secondary N) is 2. The Balaban J connectivity index is 1.89. The number of aromatic nitrogens is 4. The molecule has 0 spiro atoms. The first-order valence-electron chi connectivity index (χ1n) is 7.04. The van der Waals surface area contributed by atoms with E-state index in [4.69, 9.17) is 0 Å². The number of nitrogens with zero attached hydrogens (tertiary/aromatic N) is 4. The maximum absolute atomic E-state index is 12.0. The minimum absolute atomic E-state index is 0.132. The minimum Gasteiger partial charge on any atom is -0.355 e. The zero-order valence-corrected chi connectivity index (χ0v) is 13.9. The van der Waals surface area contributed by atoms with Gasteiger partial charge in [0.1, 0.15) is 0 Å². The molecule has 0 saturated carbocycles. The highest BCUT2D eigenvalue weighted by Gasteiger charge is 2.12. The summed E-state index contributed by atoms with van der Waals surface area (Å²) in [5.41, 5.74) is 1.17. The fourth-order valence-corrected chi connectivity index (χ4v) is 2.59. The van der Waals surface area contributed by atoms with Crippen molar-refractivity contribution < 1.29 is 9.59 Å². The highest BCUT2D eigenvalue weighted by Crippen LogP contribution is 2.18. The van der Waals surface area contributed by atoms with Gasteiger partial charge in [0.05, 0.1) is 11.8 Å². The molecule has 1 aromatic carbocycles. The molecule has 0 unspecified atom stereocenters. The van der Waals surface area contributed by atoms with E-state index in [2.05, 4.69) is 26.2 Å². The van der Waals surface area contributed by atoms with Gasteiger partial charge in [0, 0.05) is 18.3 Å². The van der Waals surface area contributed by atoms with Crippen LogP contribution in [0, 0.1) is 0 Å².